The normalized spacial score (nSPS) is 11.9. The highest BCUT2D eigenvalue weighted by Crippen LogP contribution is 2.05. The molecule has 0 aliphatic rings. The van der Waals surface area contributed by atoms with Gasteiger partial charge in [-0.3, -0.25) is 4.79 Å². The summed E-state index contributed by atoms with van der Waals surface area (Å²) in [5, 5.41) is 11.6. The van der Waals surface area contributed by atoms with Crippen LogP contribution in [0.2, 0.25) is 0 Å². The van der Waals surface area contributed by atoms with E-state index < -0.39 is 12.0 Å². The molecule has 0 fully saturated rings. The van der Waals surface area contributed by atoms with E-state index in [4.69, 9.17) is 5.11 Å². The number of carbonyl (C=O) groups excluding carboxylic acids is 1. The van der Waals surface area contributed by atoms with E-state index in [0.717, 1.165) is 24.0 Å². The molecule has 0 aliphatic carbocycles. The summed E-state index contributed by atoms with van der Waals surface area (Å²) in [6.45, 7) is 3.97. The minimum Gasteiger partial charge on any atom is -0.480 e. The number of amides is 1. The summed E-state index contributed by atoms with van der Waals surface area (Å²) in [5.74, 6) is -1.21. The number of carbonyl (C=O) groups is 2. The van der Waals surface area contributed by atoms with Crippen LogP contribution in [0.3, 0.4) is 0 Å². The summed E-state index contributed by atoms with van der Waals surface area (Å²) < 4.78 is 0. The third kappa shape index (κ3) is 5.55. The first-order chi connectivity index (χ1) is 9.02. The number of nitrogens with one attached hydrogen (secondary N) is 1. The molecule has 19 heavy (non-hydrogen) atoms. The molecule has 0 saturated carbocycles. The zero-order chi connectivity index (χ0) is 14.3. The molecule has 0 aromatic heterocycles. The summed E-state index contributed by atoms with van der Waals surface area (Å²) in [6, 6.07) is 6.87. The highest BCUT2D eigenvalue weighted by molar-refractivity contribution is 5.84. The zero-order valence-electron chi connectivity index (χ0n) is 11.5. The van der Waals surface area contributed by atoms with E-state index in [1.807, 2.05) is 38.1 Å². The molecule has 0 aliphatic heterocycles. The van der Waals surface area contributed by atoms with E-state index in [0.29, 0.717) is 6.42 Å². The van der Waals surface area contributed by atoms with Crippen molar-refractivity contribution in [1.29, 1.82) is 0 Å². The number of benzene rings is 1. The van der Waals surface area contributed by atoms with Crippen molar-refractivity contribution in [2.75, 3.05) is 0 Å². The minimum atomic E-state index is -0.967. The lowest BCUT2D eigenvalue weighted by Gasteiger charge is -2.14. The fourth-order valence-corrected chi connectivity index (χ4v) is 1.80. The van der Waals surface area contributed by atoms with Gasteiger partial charge in [0.1, 0.15) is 6.04 Å². The third-order valence-electron chi connectivity index (χ3n) is 2.96. The summed E-state index contributed by atoms with van der Waals surface area (Å²) in [5.41, 5.74) is 2.03. The Hall–Kier alpha value is -1.84. The predicted octanol–water partition coefficient (Wildman–Crippen LogP) is 2.30. The van der Waals surface area contributed by atoms with Crippen LogP contribution >= 0.6 is 0 Å². The van der Waals surface area contributed by atoms with Gasteiger partial charge in [0.15, 0.2) is 0 Å². The number of carboxylic acids is 1. The van der Waals surface area contributed by atoms with Gasteiger partial charge in [0.05, 0.1) is 6.42 Å². The maximum absolute atomic E-state index is 11.8. The SMILES string of the molecule is CCCCC(NC(=O)Cc1ccc(C)cc1)C(=O)O. The average Bonchev–Trinajstić information content (AvgIpc) is 2.37. The summed E-state index contributed by atoms with van der Waals surface area (Å²) >= 11 is 0. The number of hydrogen-bond donors (Lipinski definition) is 2. The lowest BCUT2D eigenvalue weighted by molar-refractivity contribution is -0.142. The standard InChI is InChI=1S/C15H21NO3/c1-3-4-5-13(15(18)19)16-14(17)10-12-8-6-11(2)7-9-12/h6-9,13H,3-5,10H2,1-2H3,(H,16,17)(H,18,19). The molecule has 0 bridgehead atoms. The molecular formula is C15H21NO3. The second kappa shape index (κ2) is 7.56. The maximum Gasteiger partial charge on any atom is 0.326 e. The monoisotopic (exact) mass is 263 g/mol. The minimum absolute atomic E-state index is 0.218. The summed E-state index contributed by atoms with van der Waals surface area (Å²) in [7, 11) is 0. The van der Waals surface area contributed by atoms with Gasteiger partial charge in [-0.05, 0) is 18.9 Å². The van der Waals surface area contributed by atoms with Crippen LogP contribution in [0.15, 0.2) is 24.3 Å². The molecule has 0 spiro atoms. The van der Waals surface area contributed by atoms with Crippen LogP contribution in [0.25, 0.3) is 0 Å². The second-order valence-corrected chi connectivity index (χ2v) is 4.76. The van der Waals surface area contributed by atoms with E-state index in [9.17, 15) is 9.59 Å². The lowest BCUT2D eigenvalue weighted by Crippen LogP contribution is -2.41. The highest BCUT2D eigenvalue weighted by atomic mass is 16.4. The first kappa shape index (κ1) is 15.2. The van der Waals surface area contributed by atoms with Crippen LogP contribution in [-0.2, 0) is 16.0 Å². The molecule has 0 radical (unpaired) electrons. The Kier molecular flexibility index (Phi) is 6.06. The Labute approximate surface area is 113 Å². The van der Waals surface area contributed by atoms with Crippen LogP contribution in [0, 0.1) is 6.92 Å². The summed E-state index contributed by atoms with van der Waals surface area (Å²) in [6.07, 6.45) is 2.40. The first-order valence-electron chi connectivity index (χ1n) is 6.60. The van der Waals surface area contributed by atoms with Crippen LogP contribution in [-0.4, -0.2) is 23.0 Å². The van der Waals surface area contributed by atoms with Crippen LogP contribution in [0.4, 0.5) is 0 Å². The molecule has 1 unspecified atom stereocenters. The van der Waals surface area contributed by atoms with Crippen molar-refractivity contribution < 1.29 is 14.7 Å². The van der Waals surface area contributed by atoms with Crippen molar-refractivity contribution in [3.8, 4) is 0 Å². The average molecular weight is 263 g/mol. The summed E-state index contributed by atoms with van der Waals surface area (Å²) in [4.78, 5) is 22.8. The Bertz CT molecular complexity index is 426. The Morgan fingerprint density at radius 3 is 2.42 bits per heavy atom. The molecule has 1 rings (SSSR count). The number of aliphatic carboxylic acids is 1. The Morgan fingerprint density at radius 1 is 1.26 bits per heavy atom. The van der Waals surface area contributed by atoms with Crippen molar-refractivity contribution in [3.63, 3.8) is 0 Å². The predicted molar refractivity (Wildman–Crippen MR) is 74.0 cm³/mol. The van der Waals surface area contributed by atoms with Crippen LogP contribution < -0.4 is 5.32 Å². The first-order valence-corrected chi connectivity index (χ1v) is 6.60. The van der Waals surface area contributed by atoms with Gasteiger partial charge in [0.2, 0.25) is 5.91 Å². The smallest absolute Gasteiger partial charge is 0.326 e. The molecule has 2 N–H and O–H groups in total. The van der Waals surface area contributed by atoms with E-state index in [2.05, 4.69) is 5.32 Å². The second-order valence-electron chi connectivity index (χ2n) is 4.76. The van der Waals surface area contributed by atoms with Gasteiger partial charge >= 0.3 is 5.97 Å². The lowest BCUT2D eigenvalue weighted by atomic mass is 10.1. The number of aryl methyl sites for hydroxylation is 1. The third-order valence-corrected chi connectivity index (χ3v) is 2.96. The molecule has 4 heteroatoms. The van der Waals surface area contributed by atoms with E-state index in [1.54, 1.807) is 0 Å². The fourth-order valence-electron chi connectivity index (χ4n) is 1.80. The van der Waals surface area contributed by atoms with Crippen molar-refractivity contribution in [1.82, 2.24) is 5.32 Å². The maximum atomic E-state index is 11.8. The highest BCUT2D eigenvalue weighted by Gasteiger charge is 2.18. The Balaban J connectivity index is 2.52. The van der Waals surface area contributed by atoms with Gasteiger partial charge in [-0.1, -0.05) is 49.6 Å². The fraction of sp³-hybridized carbons (Fsp3) is 0.467. The van der Waals surface area contributed by atoms with Crippen molar-refractivity contribution in [2.24, 2.45) is 0 Å². The molecular weight excluding hydrogens is 242 g/mol. The molecule has 1 atom stereocenters. The number of hydrogen-bond acceptors (Lipinski definition) is 2. The molecule has 0 heterocycles. The van der Waals surface area contributed by atoms with Gasteiger partial charge in [0.25, 0.3) is 0 Å². The molecule has 4 nitrogen and oxygen atoms in total. The van der Waals surface area contributed by atoms with Crippen molar-refractivity contribution >= 4 is 11.9 Å². The number of carboxylic acid groups (broad SMARTS) is 1. The van der Waals surface area contributed by atoms with Crippen LogP contribution in [0.1, 0.15) is 37.3 Å². The van der Waals surface area contributed by atoms with Gasteiger partial charge in [-0.2, -0.15) is 0 Å². The van der Waals surface area contributed by atoms with Gasteiger partial charge in [-0.25, -0.2) is 4.79 Å². The zero-order valence-corrected chi connectivity index (χ0v) is 11.5. The van der Waals surface area contributed by atoms with Gasteiger partial charge in [0, 0.05) is 0 Å². The van der Waals surface area contributed by atoms with E-state index in [-0.39, 0.29) is 12.3 Å². The van der Waals surface area contributed by atoms with E-state index in [1.165, 1.54) is 0 Å². The number of rotatable bonds is 7. The molecule has 1 aromatic rings. The number of unbranched alkanes of at least 4 members (excludes halogenated alkanes) is 1. The van der Waals surface area contributed by atoms with E-state index >= 15 is 0 Å². The molecule has 1 aromatic carbocycles. The molecule has 0 saturated heterocycles. The largest absolute Gasteiger partial charge is 0.480 e. The van der Waals surface area contributed by atoms with Gasteiger partial charge < -0.3 is 10.4 Å². The topological polar surface area (TPSA) is 66.4 Å². The van der Waals surface area contributed by atoms with Crippen molar-refractivity contribution in [2.45, 2.75) is 45.6 Å². The Morgan fingerprint density at radius 2 is 1.89 bits per heavy atom. The van der Waals surface area contributed by atoms with Gasteiger partial charge in [-0.15, -0.1) is 0 Å². The molecule has 104 valence electrons. The van der Waals surface area contributed by atoms with Crippen LogP contribution in [0.5, 0.6) is 0 Å². The quantitative estimate of drug-likeness (QED) is 0.793. The van der Waals surface area contributed by atoms with Crippen molar-refractivity contribution in [3.05, 3.63) is 35.4 Å². The molecule has 1 amide bonds.